The third kappa shape index (κ3) is 2.00. The molecule has 5 heteroatoms. The average Bonchev–Trinajstić information content (AvgIpc) is 2.54. The van der Waals surface area contributed by atoms with Crippen molar-refractivity contribution in [1.82, 2.24) is 0 Å². The predicted molar refractivity (Wildman–Crippen MR) is 64.8 cm³/mol. The van der Waals surface area contributed by atoms with Crippen molar-refractivity contribution in [1.29, 1.82) is 0 Å². The Hall–Kier alpha value is -0.130. The SMILES string of the molecule is CCC(O)(C(C)C)C1(CN)CCS(=O)(=O)C1. The summed E-state index contributed by atoms with van der Waals surface area (Å²) in [5.41, 5.74) is 4.13. The van der Waals surface area contributed by atoms with E-state index in [1.165, 1.54) is 0 Å². The van der Waals surface area contributed by atoms with E-state index in [0.29, 0.717) is 12.8 Å². The fourth-order valence-corrected chi connectivity index (χ4v) is 5.19. The van der Waals surface area contributed by atoms with Crippen molar-refractivity contribution >= 4 is 9.84 Å². The molecule has 1 aliphatic rings. The third-order valence-corrected chi connectivity index (χ3v) is 6.01. The molecular formula is C11H23NO3S. The van der Waals surface area contributed by atoms with Crippen LogP contribution in [0.25, 0.3) is 0 Å². The number of nitrogens with two attached hydrogens (primary N) is 1. The van der Waals surface area contributed by atoms with Gasteiger partial charge in [0.1, 0.15) is 0 Å². The van der Waals surface area contributed by atoms with Crippen LogP contribution in [0.2, 0.25) is 0 Å². The number of aliphatic hydroxyl groups is 1. The molecule has 0 aliphatic carbocycles. The molecule has 1 saturated heterocycles. The Balaban J connectivity index is 3.15. The molecule has 1 rings (SSSR count). The zero-order valence-electron chi connectivity index (χ0n) is 10.4. The maximum atomic E-state index is 11.6. The molecule has 0 amide bonds. The first-order chi connectivity index (χ1) is 7.23. The van der Waals surface area contributed by atoms with Gasteiger partial charge in [-0.05, 0) is 18.8 Å². The van der Waals surface area contributed by atoms with E-state index < -0.39 is 20.9 Å². The lowest BCUT2D eigenvalue weighted by atomic mass is 9.64. The predicted octanol–water partition coefficient (Wildman–Crippen LogP) is 0.547. The summed E-state index contributed by atoms with van der Waals surface area (Å²) in [4.78, 5) is 0. The van der Waals surface area contributed by atoms with Gasteiger partial charge in [-0.3, -0.25) is 0 Å². The van der Waals surface area contributed by atoms with Crippen molar-refractivity contribution < 1.29 is 13.5 Å². The summed E-state index contributed by atoms with van der Waals surface area (Å²) in [7, 11) is -3.03. The van der Waals surface area contributed by atoms with Gasteiger partial charge >= 0.3 is 0 Å². The minimum Gasteiger partial charge on any atom is -0.389 e. The number of hydrogen-bond donors (Lipinski definition) is 2. The standard InChI is InChI=1S/C11H23NO3S/c1-4-11(13,9(2)3)10(7-12)5-6-16(14,15)8-10/h9,13H,4-8,12H2,1-3H3. The van der Waals surface area contributed by atoms with Gasteiger partial charge in [-0.1, -0.05) is 20.8 Å². The van der Waals surface area contributed by atoms with Gasteiger partial charge in [0.05, 0.1) is 17.1 Å². The molecular weight excluding hydrogens is 226 g/mol. The van der Waals surface area contributed by atoms with Crippen LogP contribution in [-0.4, -0.2) is 37.2 Å². The van der Waals surface area contributed by atoms with Gasteiger partial charge in [-0.2, -0.15) is 0 Å². The fraction of sp³-hybridized carbons (Fsp3) is 1.00. The zero-order valence-corrected chi connectivity index (χ0v) is 11.2. The van der Waals surface area contributed by atoms with Crippen LogP contribution < -0.4 is 5.73 Å². The molecule has 1 heterocycles. The molecule has 16 heavy (non-hydrogen) atoms. The van der Waals surface area contributed by atoms with Crippen molar-refractivity contribution in [3.05, 3.63) is 0 Å². The Labute approximate surface area is 98.1 Å². The van der Waals surface area contributed by atoms with E-state index in [1.807, 2.05) is 20.8 Å². The van der Waals surface area contributed by atoms with Crippen LogP contribution in [0.4, 0.5) is 0 Å². The number of sulfone groups is 1. The zero-order chi connectivity index (χ0) is 12.6. The van der Waals surface area contributed by atoms with E-state index in [2.05, 4.69) is 0 Å². The van der Waals surface area contributed by atoms with Gasteiger partial charge in [0, 0.05) is 12.0 Å². The van der Waals surface area contributed by atoms with E-state index in [1.54, 1.807) is 0 Å². The minimum absolute atomic E-state index is 0.00866. The quantitative estimate of drug-likeness (QED) is 0.762. The second kappa shape index (κ2) is 4.27. The number of rotatable bonds is 4. The normalized spacial score (nSPS) is 32.9. The highest BCUT2D eigenvalue weighted by molar-refractivity contribution is 7.91. The first-order valence-electron chi connectivity index (χ1n) is 5.86. The van der Waals surface area contributed by atoms with Crippen LogP contribution in [0.15, 0.2) is 0 Å². The Morgan fingerprint density at radius 2 is 2.06 bits per heavy atom. The lowest BCUT2D eigenvalue weighted by Crippen LogP contribution is -2.56. The molecule has 2 unspecified atom stereocenters. The molecule has 3 N–H and O–H groups in total. The first kappa shape index (κ1) is 13.9. The summed E-state index contributed by atoms with van der Waals surface area (Å²) in [6.07, 6.45) is 1.02. The average molecular weight is 249 g/mol. The summed E-state index contributed by atoms with van der Waals surface area (Å²) >= 11 is 0. The summed E-state index contributed by atoms with van der Waals surface area (Å²) in [6, 6.07) is 0. The van der Waals surface area contributed by atoms with E-state index >= 15 is 0 Å². The van der Waals surface area contributed by atoms with Gasteiger partial charge in [-0.25, -0.2) is 8.42 Å². The fourth-order valence-electron chi connectivity index (χ4n) is 2.99. The highest BCUT2D eigenvalue weighted by atomic mass is 32.2. The van der Waals surface area contributed by atoms with Gasteiger partial charge < -0.3 is 10.8 Å². The molecule has 0 saturated carbocycles. The molecule has 0 aromatic heterocycles. The molecule has 2 atom stereocenters. The molecule has 0 aromatic carbocycles. The summed E-state index contributed by atoms with van der Waals surface area (Å²) in [5, 5.41) is 10.7. The molecule has 4 nitrogen and oxygen atoms in total. The van der Waals surface area contributed by atoms with Crippen LogP contribution in [0.3, 0.4) is 0 Å². The monoisotopic (exact) mass is 249 g/mol. The van der Waals surface area contributed by atoms with Crippen molar-refractivity contribution in [3.8, 4) is 0 Å². The topological polar surface area (TPSA) is 80.4 Å². The second-order valence-corrected chi connectivity index (χ2v) is 7.44. The smallest absolute Gasteiger partial charge is 0.151 e. The van der Waals surface area contributed by atoms with Crippen molar-refractivity contribution in [2.45, 2.75) is 39.2 Å². The molecule has 1 aliphatic heterocycles. The molecule has 0 spiro atoms. The van der Waals surface area contributed by atoms with Crippen molar-refractivity contribution in [2.24, 2.45) is 17.1 Å². The third-order valence-electron chi connectivity index (χ3n) is 4.19. The summed E-state index contributed by atoms with van der Waals surface area (Å²) < 4.78 is 23.2. The van der Waals surface area contributed by atoms with E-state index in [0.717, 1.165) is 0 Å². The van der Waals surface area contributed by atoms with Crippen LogP contribution in [-0.2, 0) is 9.84 Å². The Morgan fingerprint density at radius 1 is 1.50 bits per heavy atom. The maximum Gasteiger partial charge on any atom is 0.151 e. The first-order valence-corrected chi connectivity index (χ1v) is 7.68. The van der Waals surface area contributed by atoms with Gasteiger partial charge in [0.25, 0.3) is 0 Å². The molecule has 0 aromatic rings. The van der Waals surface area contributed by atoms with E-state index in [-0.39, 0.29) is 24.0 Å². The van der Waals surface area contributed by atoms with Crippen molar-refractivity contribution in [3.63, 3.8) is 0 Å². The Kier molecular flexibility index (Phi) is 3.72. The Bertz CT molecular complexity index is 352. The number of hydrogen-bond acceptors (Lipinski definition) is 4. The summed E-state index contributed by atoms with van der Waals surface area (Å²) in [5.74, 6) is 0.187. The second-order valence-electron chi connectivity index (χ2n) is 5.26. The van der Waals surface area contributed by atoms with Crippen molar-refractivity contribution in [2.75, 3.05) is 18.1 Å². The van der Waals surface area contributed by atoms with Gasteiger partial charge in [-0.15, -0.1) is 0 Å². The van der Waals surface area contributed by atoms with Crippen LogP contribution in [0, 0.1) is 11.3 Å². The van der Waals surface area contributed by atoms with Crippen LogP contribution >= 0.6 is 0 Å². The maximum absolute atomic E-state index is 11.6. The van der Waals surface area contributed by atoms with E-state index in [9.17, 15) is 13.5 Å². The van der Waals surface area contributed by atoms with Gasteiger partial charge in [0.15, 0.2) is 9.84 Å². The Morgan fingerprint density at radius 3 is 2.31 bits per heavy atom. The highest BCUT2D eigenvalue weighted by Gasteiger charge is 2.55. The van der Waals surface area contributed by atoms with E-state index in [4.69, 9.17) is 5.73 Å². The lowest BCUT2D eigenvalue weighted by molar-refractivity contribution is -0.106. The highest BCUT2D eigenvalue weighted by Crippen LogP contribution is 2.46. The van der Waals surface area contributed by atoms with Crippen LogP contribution in [0.1, 0.15) is 33.6 Å². The minimum atomic E-state index is -3.03. The molecule has 0 bridgehead atoms. The lowest BCUT2D eigenvalue weighted by Gasteiger charge is -2.46. The summed E-state index contributed by atoms with van der Waals surface area (Å²) in [6.45, 7) is 5.97. The molecule has 96 valence electrons. The molecule has 0 radical (unpaired) electrons. The molecule has 1 fully saturated rings. The van der Waals surface area contributed by atoms with Crippen LogP contribution in [0.5, 0.6) is 0 Å². The largest absolute Gasteiger partial charge is 0.389 e. The van der Waals surface area contributed by atoms with Gasteiger partial charge in [0.2, 0.25) is 0 Å².